The molecular weight excluding hydrogens is 789 g/mol. The fraction of sp³-hybridized carbons (Fsp3) is 0.0164. The van der Waals surface area contributed by atoms with Gasteiger partial charge < -0.3 is 0 Å². The van der Waals surface area contributed by atoms with Crippen LogP contribution in [0.3, 0.4) is 0 Å². The Labute approximate surface area is 376 Å². The Balaban J connectivity index is 0.862. The van der Waals surface area contributed by atoms with Crippen molar-refractivity contribution >= 4 is 43.6 Å². The summed E-state index contributed by atoms with van der Waals surface area (Å²) in [6.45, 7) is 0. The summed E-state index contributed by atoms with van der Waals surface area (Å²) in [5, 5.41) is 4.36. The van der Waals surface area contributed by atoms with Gasteiger partial charge in [-0.05, 0) is 86.0 Å². The Hall–Kier alpha value is -8.60. The van der Waals surface area contributed by atoms with Crippen molar-refractivity contribution in [1.82, 2.24) is 19.9 Å². The minimum atomic E-state index is -0.511. The Morgan fingerprint density at radius 2 is 0.692 bits per heavy atom. The number of hydrogen-bond acceptors (Lipinski definition) is 4. The first-order valence-electron chi connectivity index (χ1n) is 22.1. The zero-order valence-corrected chi connectivity index (χ0v) is 35.2. The van der Waals surface area contributed by atoms with E-state index in [9.17, 15) is 0 Å². The summed E-state index contributed by atoms with van der Waals surface area (Å²) < 4.78 is 0. The highest BCUT2D eigenvalue weighted by Gasteiger charge is 2.45. The third-order valence-electron chi connectivity index (χ3n) is 13.5. The molecule has 65 heavy (non-hydrogen) atoms. The second kappa shape index (κ2) is 14.8. The molecule has 0 atom stereocenters. The van der Waals surface area contributed by atoms with Crippen molar-refractivity contribution in [3.8, 4) is 55.9 Å². The van der Waals surface area contributed by atoms with Crippen LogP contribution in [0.5, 0.6) is 0 Å². The Morgan fingerprint density at radius 3 is 1.23 bits per heavy atom. The molecule has 0 saturated carbocycles. The second-order valence-electron chi connectivity index (χ2n) is 17.0. The molecule has 8 aromatic carbocycles. The lowest BCUT2D eigenvalue weighted by Crippen LogP contribution is -2.28. The van der Waals surface area contributed by atoms with Crippen LogP contribution in [0, 0.1) is 0 Å². The van der Waals surface area contributed by atoms with Gasteiger partial charge in [-0.3, -0.25) is 9.97 Å². The molecule has 4 heteroatoms. The minimum absolute atomic E-state index is 0.511. The largest absolute Gasteiger partial charge is 0.254 e. The maximum absolute atomic E-state index is 5.15. The van der Waals surface area contributed by atoms with Crippen molar-refractivity contribution in [2.24, 2.45) is 0 Å². The van der Waals surface area contributed by atoms with E-state index in [4.69, 9.17) is 9.97 Å². The molecule has 1 aliphatic rings. The predicted molar refractivity (Wildman–Crippen MR) is 267 cm³/mol. The van der Waals surface area contributed by atoms with E-state index in [0.29, 0.717) is 0 Å². The van der Waals surface area contributed by atoms with Gasteiger partial charge in [0.25, 0.3) is 0 Å². The van der Waals surface area contributed by atoms with Crippen molar-refractivity contribution < 1.29 is 0 Å². The maximum atomic E-state index is 5.15. The van der Waals surface area contributed by atoms with Crippen LogP contribution in [0.2, 0.25) is 0 Å². The van der Waals surface area contributed by atoms with Gasteiger partial charge in [0, 0.05) is 45.1 Å². The van der Waals surface area contributed by atoms with E-state index in [-0.39, 0.29) is 0 Å². The van der Waals surface area contributed by atoms with Crippen LogP contribution in [0.4, 0.5) is 0 Å². The molecule has 0 fully saturated rings. The molecule has 0 saturated heterocycles. The van der Waals surface area contributed by atoms with E-state index < -0.39 is 5.41 Å². The van der Waals surface area contributed by atoms with Gasteiger partial charge in [-0.25, -0.2) is 9.97 Å². The summed E-state index contributed by atoms with van der Waals surface area (Å²) >= 11 is 0. The van der Waals surface area contributed by atoms with Crippen LogP contribution in [0.1, 0.15) is 22.3 Å². The minimum Gasteiger partial charge on any atom is -0.254 e. The quantitative estimate of drug-likeness (QED) is 0.157. The summed E-state index contributed by atoms with van der Waals surface area (Å²) in [5.41, 5.74) is 19.4. The first kappa shape index (κ1) is 37.0. The third kappa shape index (κ3) is 5.92. The number of fused-ring (bicyclic) bond motifs is 9. The lowest BCUT2D eigenvalue weighted by molar-refractivity contribution is 0.769. The van der Waals surface area contributed by atoms with Gasteiger partial charge in [0.1, 0.15) is 0 Å². The van der Waals surface area contributed by atoms with Crippen molar-refractivity contribution in [2.75, 3.05) is 0 Å². The van der Waals surface area contributed by atoms with Crippen molar-refractivity contribution in [3.63, 3.8) is 0 Å². The van der Waals surface area contributed by atoms with Gasteiger partial charge in [0.05, 0.1) is 38.9 Å². The van der Waals surface area contributed by atoms with E-state index in [1.165, 1.54) is 33.4 Å². The highest BCUT2D eigenvalue weighted by Crippen LogP contribution is 2.56. The van der Waals surface area contributed by atoms with Gasteiger partial charge in [-0.2, -0.15) is 0 Å². The molecule has 12 aromatic rings. The summed E-state index contributed by atoms with van der Waals surface area (Å²) in [6, 6.07) is 78.9. The molecule has 0 spiro atoms. The zero-order valence-electron chi connectivity index (χ0n) is 35.2. The molecule has 0 unspecified atom stereocenters. The molecule has 0 aliphatic heterocycles. The number of pyridine rings is 4. The van der Waals surface area contributed by atoms with Crippen molar-refractivity contribution in [3.05, 3.63) is 253 Å². The lowest BCUT2D eigenvalue weighted by Gasteiger charge is -2.34. The van der Waals surface area contributed by atoms with E-state index in [2.05, 4.69) is 216 Å². The second-order valence-corrected chi connectivity index (χ2v) is 17.0. The average molecular weight is 827 g/mol. The van der Waals surface area contributed by atoms with Crippen molar-refractivity contribution in [2.45, 2.75) is 5.41 Å². The van der Waals surface area contributed by atoms with Gasteiger partial charge in [0.2, 0.25) is 0 Å². The molecule has 4 heterocycles. The van der Waals surface area contributed by atoms with E-state index in [0.717, 1.165) is 88.4 Å². The van der Waals surface area contributed by atoms with Crippen LogP contribution in [-0.2, 0) is 5.41 Å². The highest BCUT2D eigenvalue weighted by atomic mass is 14.8. The molecule has 1 aliphatic carbocycles. The van der Waals surface area contributed by atoms with Crippen LogP contribution >= 0.6 is 0 Å². The van der Waals surface area contributed by atoms with Crippen LogP contribution in [0.25, 0.3) is 99.5 Å². The van der Waals surface area contributed by atoms with Gasteiger partial charge in [-0.1, -0.05) is 188 Å². The fourth-order valence-corrected chi connectivity index (χ4v) is 10.3. The molecular formula is C61H38N4. The molecule has 4 nitrogen and oxygen atoms in total. The molecule has 0 bridgehead atoms. The third-order valence-corrected chi connectivity index (χ3v) is 13.5. The molecule has 13 rings (SSSR count). The monoisotopic (exact) mass is 826 g/mol. The number of rotatable bonds is 6. The highest BCUT2D eigenvalue weighted by molar-refractivity contribution is 6.04. The summed E-state index contributed by atoms with van der Waals surface area (Å²) in [4.78, 5) is 19.6. The number of hydrogen-bond donors (Lipinski definition) is 0. The number of nitrogens with zero attached hydrogens (tertiary/aromatic N) is 4. The number of benzene rings is 8. The van der Waals surface area contributed by atoms with E-state index >= 15 is 0 Å². The van der Waals surface area contributed by atoms with E-state index in [1.54, 1.807) is 0 Å². The first-order chi connectivity index (χ1) is 32.2. The summed E-state index contributed by atoms with van der Waals surface area (Å²) in [5.74, 6) is 0. The Morgan fingerprint density at radius 1 is 0.277 bits per heavy atom. The van der Waals surface area contributed by atoms with E-state index in [1.807, 2.05) is 24.5 Å². The van der Waals surface area contributed by atoms with Crippen LogP contribution in [-0.4, -0.2) is 19.9 Å². The predicted octanol–water partition coefficient (Wildman–Crippen LogP) is 14.9. The van der Waals surface area contributed by atoms with Crippen LogP contribution < -0.4 is 0 Å². The summed E-state index contributed by atoms with van der Waals surface area (Å²) in [6.07, 6.45) is 3.68. The standard InChI is InChI=1S/C61H38N4/c1-3-14-53-51(12-1)52-13-2-4-15-54(52)61(53,49-30-24-40(25-31-49)39-16-18-42(19-17-39)55-34-28-45-22-20-43-10-6-36-62-57(43)59(45)64-55)50-32-26-41(27-33-50)47-8-5-9-48(38-47)56-35-29-46-23-21-44-11-7-37-63-58(44)60(46)65-56/h1-38H. The number of aromatic nitrogens is 4. The molecule has 4 aromatic heterocycles. The molecule has 0 amide bonds. The van der Waals surface area contributed by atoms with Gasteiger partial charge in [-0.15, -0.1) is 0 Å². The van der Waals surface area contributed by atoms with Gasteiger partial charge >= 0.3 is 0 Å². The fourth-order valence-electron chi connectivity index (χ4n) is 10.3. The average Bonchev–Trinajstić information content (AvgIpc) is 3.69. The summed E-state index contributed by atoms with van der Waals surface area (Å²) in [7, 11) is 0. The first-order valence-corrected chi connectivity index (χ1v) is 22.1. The zero-order chi connectivity index (χ0) is 42.9. The molecule has 302 valence electrons. The lowest BCUT2D eigenvalue weighted by atomic mass is 9.67. The van der Waals surface area contributed by atoms with Gasteiger partial charge in [0.15, 0.2) is 0 Å². The normalized spacial score (nSPS) is 12.7. The Kier molecular flexibility index (Phi) is 8.40. The van der Waals surface area contributed by atoms with Crippen molar-refractivity contribution in [1.29, 1.82) is 0 Å². The van der Waals surface area contributed by atoms with Crippen LogP contribution in [0.15, 0.2) is 231 Å². The Bertz CT molecular complexity index is 3770. The maximum Gasteiger partial charge on any atom is 0.0972 e. The SMILES string of the molecule is c1cc(-c2ccc(C3(c4ccc(-c5ccc(-c6ccc7ccc8cccnc8c7n6)cc5)cc4)c4ccccc4-c4ccccc43)cc2)cc(-c2ccc3ccc4cccnc4c3n2)c1. The molecule has 0 radical (unpaired) electrons. The topological polar surface area (TPSA) is 51.6 Å². The molecule has 0 N–H and O–H groups in total. The smallest absolute Gasteiger partial charge is 0.0972 e.